The Morgan fingerprint density at radius 3 is 2.20 bits per heavy atom. The van der Waals surface area contributed by atoms with E-state index in [1.54, 1.807) is 38.5 Å². The van der Waals surface area contributed by atoms with Gasteiger partial charge >= 0.3 is 5.97 Å². The monoisotopic (exact) mass is 412 g/mol. The Bertz CT molecular complexity index is 893. The molecule has 160 valence electrons. The molecule has 0 aliphatic carbocycles. The standard InChI is InChI=1S/C24H28O6/c1-17(2)5-13-21-19(9-6-18-7-10-20(11-8-18)24(25)26)12-14-22(29-15-27-3)23(21)30-16-28-4/h5-12,14H,13,15-16H2,1-4H3,(H,25,26). The lowest BCUT2D eigenvalue weighted by atomic mass is 10.00. The molecule has 0 radical (unpaired) electrons. The van der Waals surface area contributed by atoms with Gasteiger partial charge in [-0.25, -0.2) is 4.79 Å². The first kappa shape index (κ1) is 23.2. The highest BCUT2D eigenvalue weighted by molar-refractivity contribution is 5.88. The molecular formula is C24H28O6. The molecule has 0 saturated carbocycles. The van der Waals surface area contributed by atoms with E-state index in [9.17, 15) is 4.79 Å². The normalized spacial score (nSPS) is 10.8. The average Bonchev–Trinajstić information content (AvgIpc) is 2.74. The first-order valence-electron chi connectivity index (χ1n) is 9.50. The number of ether oxygens (including phenoxy) is 4. The van der Waals surface area contributed by atoms with Crippen LogP contribution in [0.25, 0.3) is 12.2 Å². The summed E-state index contributed by atoms with van der Waals surface area (Å²) in [6.07, 6.45) is 6.68. The van der Waals surface area contributed by atoms with E-state index in [2.05, 4.69) is 6.08 Å². The molecule has 2 rings (SSSR count). The molecule has 0 heterocycles. The number of aromatic carboxylic acids is 1. The predicted octanol–water partition coefficient (Wildman–Crippen LogP) is 5.03. The van der Waals surface area contributed by atoms with E-state index in [-0.39, 0.29) is 19.1 Å². The van der Waals surface area contributed by atoms with Gasteiger partial charge in [0.1, 0.15) is 0 Å². The summed E-state index contributed by atoms with van der Waals surface area (Å²) in [7, 11) is 3.13. The molecule has 0 spiro atoms. The highest BCUT2D eigenvalue weighted by Gasteiger charge is 2.15. The minimum absolute atomic E-state index is 0.0922. The van der Waals surface area contributed by atoms with Gasteiger partial charge in [0.25, 0.3) is 0 Å². The third-order valence-corrected chi connectivity index (χ3v) is 4.24. The van der Waals surface area contributed by atoms with E-state index in [0.29, 0.717) is 17.9 Å². The van der Waals surface area contributed by atoms with Crippen molar-refractivity contribution in [3.8, 4) is 11.5 Å². The van der Waals surface area contributed by atoms with Gasteiger partial charge in [0.15, 0.2) is 25.1 Å². The highest BCUT2D eigenvalue weighted by atomic mass is 16.7. The van der Waals surface area contributed by atoms with Gasteiger partial charge in [-0.05, 0) is 49.6 Å². The van der Waals surface area contributed by atoms with Gasteiger partial charge in [-0.15, -0.1) is 0 Å². The molecule has 6 heteroatoms. The SMILES string of the molecule is COCOc1ccc(C=Cc2ccc(C(=O)O)cc2)c(CC=C(C)C)c1OCOC. The van der Waals surface area contributed by atoms with Gasteiger partial charge in [0, 0.05) is 19.8 Å². The zero-order valence-corrected chi connectivity index (χ0v) is 17.8. The molecule has 1 N–H and O–H groups in total. The van der Waals surface area contributed by atoms with Crippen LogP contribution in [0.4, 0.5) is 0 Å². The lowest BCUT2D eigenvalue weighted by Crippen LogP contribution is -2.07. The molecule has 2 aromatic rings. The van der Waals surface area contributed by atoms with E-state index in [0.717, 1.165) is 16.7 Å². The lowest BCUT2D eigenvalue weighted by molar-refractivity contribution is 0.0318. The maximum Gasteiger partial charge on any atom is 0.335 e. The lowest BCUT2D eigenvalue weighted by Gasteiger charge is -2.17. The van der Waals surface area contributed by atoms with Gasteiger partial charge in [-0.1, -0.05) is 42.0 Å². The van der Waals surface area contributed by atoms with E-state index in [1.807, 2.05) is 38.1 Å². The minimum atomic E-state index is -0.943. The molecule has 0 aromatic heterocycles. The molecular weight excluding hydrogens is 384 g/mol. The van der Waals surface area contributed by atoms with Crippen LogP contribution in [-0.4, -0.2) is 38.9 Å². The Kier molecular flexibility index (Phi) is 9.12. The van der Waals surface area contributed by atoms with Crippen LogP contribution in [0.3, 0.4) is 0 Å². The van der Waals surface area contributed by atoms with Crippen molar-refractivity contribution in [1.82, 2.24) is 0 Å². The first-order chi connectivity index (χ1) is 14.5. The van der Waals surface area contributed by atoms with Crippen molar-refractivity contribution in [1.29, 1.82) is 0 Å². The fourth-order valence-corrected chi connectivity index (χ4v) is 2.73. The summed E-state index contributed by atoms with van der Waals surface area (Å²) in [6.45, 7) is 4.28. The van der Waals surface area contributed by atoms with Gasteiger partial charge in [0.2, 0.25) is 0 Å². The van der Waals surface area contributed by atoms with E-state index in [4.69, 9.17) is 24.1 Å². The largest absolute Gasteiger partial charge is 0.478 e. The van der Waals surface area contributed by atoms with Crippen molar-refractivity contribution in [2.45, 2.75) is 20.3 Å². The number of hydrogen-bond donors (Lipinski definition) is 1. The summed E-state index contributed by atoms with van der Waals surface area (Å²) in [6, 6.07) is 10.5. The van der Waals surface area contributed by atoms with E-state index in [1.165, 1.54) is 5.57 Å². The van der Waals surface area contributed by atoms with Crippen molar-refractivity contribution >= 4 is 18.1 Å². The minimum Gasteiger partial charge on any atom is -0.478 e. The number of hydrogen-bond acceptors (Lipinski definition) is 5. The van der Waals surface area contributed by atoms with Gasteiger partial charge < -0.3 is 24.1 Å². The second kappa shape index (κ2) is 11.8. The topological polar surface area (TPSA) is 74.2 Å². The predicted molar refractivity (Wildman–Crippen MR) is 117 cm³/mol. The maximum absolute atomic E-state index is 11.0. The molecule has 30 heavy (non-hydrogen) atoms. The van der Waals surface area contributed by atoms with Crippen LogP contribution in [-0.2, 0) is 15.9 Å². The van der Waals surface area contributed by atoms with Crippen molar-refractivity contribution in [2.75, 3.05) is 27.8 Å². The van der Waals surface area contributed by atoms with Crippen LogP contribution < -0.4 is 9.47 Å². The average molecular weight is 412 g/mol. The Hall–Kier alpha value is -3.09. The zero-order valence-electron chi connectivity index (χ0n) is 17.8. The molecule has 0 bridgehead atoms. The van der Waals surface area contributed by atoms with Crippen molar-refractivity contribution in [2.24, 2.45) is 0 Å². The Morgan fingerprint density at radius 1 is 0.933 bits per heavy atom. The fraction of sp³-hybridized carbons (Fsp3) is 0.292. The van der Waals surface area contributed by atoms with Crippen LogP contribution in [0.15, 0.2) is 48.0 Å². The number of carboxylic acid groups (broad SMARTS) is 1. The number of carbonyl (C=O) groups is 1. The van der Waals surface area contributed by atoms with Crippen LogP contribution in [0.1, 0.15) is 40.9 Å². The van der Waals surface area contributed by atoms with Crippen LogP contribution in [0.2, 0.25) is 0 Å². The van der Waals surface area contributed by atoms with Crippen LogP contribution in [0.5, 0.6) is 11.5 Å². The van der Waals surface area contributed by atoms with Crippen molar-refractivity contribution in [3.63, 3.8) is 0 Å². The number of benzene rings is 2. The summed E-state index contributed by atoms with van der Waals surface area (Å²) in [5.74, 6) is 0.241. The molecule has 0 amide bonds. The molecule has 0 saturated heterocycles. The Morgan fingerprint density at radius 2 is 1.60 bits per heavy atom. The van der Waals surface area contributed by atoms with Gasteiger partial charge in [-0.3, -0.25) is 0 Å². The Labute approximate surface area is 177 Å². The highest BCUT2D eigenvalue weighted by Crippen LogP contribution is 2.36. The summed E-state index contributed by atoms with van der Waals surface area (Å²) in [5.41, 5.74) is 4.26. The maximum atomic E-state index is 11.0. The first-order valence-corrected chi connectivity index (χ1v) is 9.50. The fourth-order valence-electron chi connectivity index (χ4n) is 2.73. The molecule has 0 aliphatic rings. The van der Waals surface area contributed by atoms with Crippen molar-refractivity contribution in [3.05, 3.63) is 70.3 Å². The third kappa shape index (κ3) is 6.76. The summed E-state index contributed by atoms with van der Waals surface area (Å²) in [5, 5.41) is 9.04. The number of allylic oxidation sites excluding steroid dienone is 2. The summed E-state index contributed by atoms with van der Waals surface area (Å²) < 4.78 is 21.7. The number of methoxy groups -OCH3 is 2. The second-order valence-corrected chi connectivity index (χ2v) is 6.81. The van der Waals surface area contributed by atoms with E-state index < -0.39 is 5.97 Å². The molecule has 2 aromatic carbocycles. The smallest absolute Gasteiger partial charge is 0.335 e. The van der Waals surface area contributed by atoms with Crippen LogP contribution >= 0.6 is 0 Å². The summed E-state index contributed by atoms with van der Waals surface area (Å²) >= 11 is 0. The third-order valence-electron chi connectivity index (χ3n) is 4.24. The van der Waals surface area contributed by atoms with Gasteiger partial charge in [-0.2, -0.15) is 0 Å². The molecule has 0 fully saturated rings. The molecule has 0 unspecified atom stereocenters. The number of rotatable bonds is 11. The quantitative estimate of drug-likeness (QED) is 0.317. The molecule has 0 aliphatic heterocycles. The summed E-state index contributed by atoms with van der Waals surface area (Å²) in [4.78, 5) is 11.0. The molecule has 0 atom stereocenters. The van der Waals surface area contributed by atoms with Crippen molar-refractivity contribution < 1.29 is 28.8 Å². The zero-order chi connectivity index (χ0) is 21.9. The Balaban J connectivity index is 2.44. The van der Waals surface area contributed by atoms with Gasteiger partial charge in [0.05, 0.1) is 5.56 Å². The van der Waals surface area contributed by atoms with Crippen LogP contribution in [0, 0.1) is 0 Å². The second-order valence-electron chi connectivity index (χ2n) is 6.81. The van der Waals surface area contributed by atoms with E-state index >= 15 is 0 Å². The molecule has 6 nitrogen and oxygen atoms in total. The number of carboxylic acids is 1.